The number of unbranched alkanes of at least 4 members (excludes halogenated alkanes) is 23. The molecule has 0 aromatic carbocycles. The Kier molecular flexibility index (Phi) is 34.4. The third kappa shape index (κ3) is 27.0. The average Bonchev–Trinajstić information content (AvgIpc) is 3.64. The number of allylic oxidation sites excluding steroid dienone is 2. The van der Waals surface area contributed by atoms with Gasteiger partial charge in [-0.25, -0.2) is 0 Å². The van der Waals surface area contributed by atoms with Crippen LogP contribution in [0.4, 0.5) is 5.00 Å². The monoisotopic (exact) mass is 913 g/mol. The van der Waals surface area contributed by atoms with Crippen LogP contribution >= 0.6 is 11.3 Å². The van der Waals surface area contributed by atoms with Crippen molar-refractivity contribution < 1.29 is 23.9 Å². The van der Waals surface area contributed by atoms with Gasteiger partial charge in [0.2, 0.25) is 11.8 Å². The summed E-state index contributed by atoms with van der Waals surface area (Å²) in [5.74, 6) is -0.116. The van der Waals surface area contributed by atoms with Crippen molar-refractivity contribution in [1.82, 2.24) is 15.1 Å². The van der Waals surface area contributed by atoms with E-state index in [1.54, 1.807) is 0 Å². The summed E-state index contributed by atoms with van der Waals surface area (Å²) in [6.07, 6.45) is 40.9. The van der Waals surface area contributed by atoms with Gasteiger partial charge in [-0.1, -0.05) is 161 Å². The van der Waals surface area contributed by atoms with E-state index in [0.29, 0.717) is 56.1 Å². The molecule has 0 unspecified atom stereocenters. The van der Waals surface area contributed by atoms with Crippen LogP contribution in [0, 0.1) is 5.92 Å². The van der Waals surface area contributed by atoms with Crippen molar-refractivity contribution >= 4 is 40.0 Å². The SMILES string of the molecule is CCCCCCCC/C=C\CCCCCCCC(=O)Nc1sc2c(c1C(=O)NCCN(C)C)CCN(C(=O)CCCCCOC(=O)C(CCCCCCCC)CCCCCCCC)C2. The highest BCUT2D eigenvalue weighted by atomic mass is 32.1. The van der Waals surface area contributed by atoms with Crippen LogP contribution in [-0.2, 0) is 32.1 Å². The van der Waals surface area contributed by atoms with Crippen LogP contribution in [0.2, 0.25) is 0 Å². The molecule has 0 aliphatic carbocycles. The molecule has 64 heavy (non-hydrogen) atoms. The Bertz CT molecular complexity index is 1390. The predicted octanol–water partition coefficient (Wildman–Crippen LogP) is 14.1. The van der Waals surface area contributed by atoms with E-state index in [9.17, 15) is 19.2 Å². The fraction of sp³-hybridized carbons (Fsp3) is 0.815. The quantitative estimate of drug-likeness (QED) is 0.0385. The smallest absolute Gasteiger partial charge is 0.308 e. The molecule has 0 saturated carbocycles. The maximum Gasteiger partial charge on any atom is 0.308 e. The Balaban J connectivity index is 1.80. The molecule has 1 aromatic heterocycles. The zero-order valence-electron chi connectivity index (χ0n) is 41.9. The molecule has 9 nitrogen and oxygen atoms in total. The molecule has 0 bridgehead atoms. The molecule has 1 aliphatic rings. The second-order valence-corrected chi connectivity index (χ2v) is 20.1. The van der Waals surface area contributed by atoms with Crippen molar-refractivity contribution in [3.63, 3.8) is 0 Å². The summed E-state index contributed by atoms with van der Waals surface area (Å²) < 4.78 is 5.82. The molecule has 0 atom stereocenters. The van der Waals surface area contributed by atoms with Crippen LogP contribution in [0.3, 0.4) is 0 Å². The molecule has 0 fully saturated rings. The molecule has 1 aliphatic heterocycles. The van der Waals surface area contributed by atoms with Crippen molar-refractivity contribution in [2.24, 2.45) is 5.92 Å². The Morgan fingerprint density at radius 3 is 1.77 bits per heavy atom. The number of anilines is 1. The minimum Gasteiger partial charge on any atom is -0.465 e. The summed E-state index contributed by atoms with van der Waals surface area (Å²) in [6.45, 7) is 9.41. The number of rotatable bonds is 41. The number of amides is 3. The molecule has 0 spiro atoms. The van der Waals surface area contributed by atoms with Crippen LogP contribution < -0.4 is 10.6 Å². The molecule has 0 radical (unpaired) electrons. The van der Waals surface area contributed by atoms with Crippen LogP contribution in [0.1, 0.15) is 247 Å². The minimum absolute atomic E-state index is 0.00984. The fourth-order valence-electron chi connectivity index (χ4n) is 8.70. The predicted molar refractivity (Wildman–Crippen MR) is 271 cm³/mol. The van der Waals surface area contributed by atoms with Gasteiger partial charge >= 0.3 is 5.97 Å². The fourth-order valence-corrected chi connectivity index (χ4v) is 9.97. The van der Waals surface area contributed by atoms with Gasteiger partial charge in [0.1, 0.15) is 5.00 Å². The largest absolute Gasteiger partial charge is 0.465 e. The lowest BCUT2D eigenvalue weighted by Gasteiger charge is -2.27. The second-order valence-electron chi connectivity index (χ2n) is 19.0. The summed E-state index contributed by atoms with van der Waals surface area (Å²) in [5.41, 5.74) is 1.53. The standard InChI is InChI=1S/C54H96N4O5S/c1-6-9-12-15-18-19-20-21-22-23-24-25-26-29-33-38-49(59)56-53-51(52(61)55-41-43-57(4)5)47-40-42-58(45-48(47)64-53)50(60)39-34-30-35-44-63-54(62)46(36-31-27-16-13-10-7-2)37-32-28-17-14-11-8-3/h21-22,46H,6-20,23-45H2,1-5H3,(H,55,61)(H,56,59)/b22-21-. The molecule has 0 saturated heterocycles. The van der Waals surface area contributed by atoms with E-state index in [2.05, 4.69) is 43.6 Å². The van der Waals surface area contributed by atoms with Gasteiger partial charge in [-0.15, -0.1) is 11.3 Å². The third-order valence-electron chi connectivity index (χ3n) is 12.8. The first kappa shape index (κ1) is 57.4. The lowest BCUT2D eigenvalue weighted by Crippen LogP contribution is -2.36. The highest BCUT2D eigenvalue weighted by Crippen LogP contribution is 2.38. The van der Waals surface area contributed by atoms with Crippen LogP contribution in [-0.4, -0.2) is 73.8 Å². The summed E-state index contributed by atoms with van der Waals surface area (Å²) in [4.78, 5) is 58.3. The van der Waals surface area contributed by atoms with E-state index in [1.807, 2.05) is 23.9 Å². The maximum atomic E-state index is 13.6. The Morgan fingerprint density at radius 1 is 0.672 bits per heavy atom. The molecule has 3 amide bonds. The van der Waals surface area contributed by atoms with Crippen LogP contribution in [0.25, 0.3) is 0 Å². The third-order valence-corrected chi connectivity index (χ3v) is 14.0. The average molecular weight is 913 g/mol. The highest BCUT2D eigenvalue weighted by Gasteiger charge is 2.30. The van der Waals surface area contributed by atoms with Crippen LogP contribution in [0.5, 0.6) is 0 Å². The zero-order valence-corrected chi connectivity index (χ0v) is 42.8. The van der Waals surface area contributed by atoms with E-state index in [0.717, 1.165) is 87.6 Å². The summed E-state index contributed by atoms with van der Waals surface area (Å²) in [7, 11) is 3.95. The number of carbonyl (C=O) groups excluding carboxylic acids is 4. The number of fused-ring (bicyclic) bond motifs is 1. The number of thiophene rings is 1. The maximum absolute atomic E-state index is 13.6. The van der Waals surface area contributed by atoms with Gasteiger partial charge < -0.3 is 25.2 Å². The molecule has 10 heteroatoms. The van der Waals surface area contributed by atoms with E-state index in [-0.39, 0.29) is 29.6 Å². The first-order valence-electron chi connectivity index (χ1n) is 26.7. The number of carbonyl (C=O) groups is 4. The van der Waals surface area contributed by atoms with Gasteiger partial charge in [0.05, 0.1) is 24.6 Å². The lowest BCUT2D eigenvalue weighted by molar-refractivity contribution is -0.149. The van der Waals surface area contributed by atoms with Crippen LogP contribution in [0.15, 0.2) is 12.2 Å². The van der Waals surface area contributed by atoms with E-state index >= 15 is 0 Å². The molecule has 2 rings (SSSR count). The molecular formula is C54H96N4O5S. The van der Waals surface area contributed by atoms with Gasteiger partial charge in [0, 0.05) is 37.4 Å². The second kappa shape index (κ2) is 38.4. The highest BCUT2D eigenvalue weighted by molar-refractivity contribution is 7.17. The van der Waals surface area contributed by atoms with Gasteiger partial charge in [-0.2, -0.15) is 0 Å². The van der Waals surface area contributed by atoms with E-state index in [4.69, 9.17) is 4.74 Å². The van der Waals surface area contributed by atoms with Crippen molar-refractivity contribution in [2.75, 3.05) is 45.7 Å². The topological polar surface area (TPSA) is 108 Å². The van der Waals surface area contributed by atoms with Gasteiger partial charge in [0.15, 0.2) is 0 Å². The molecule has 2 heterocycles. The molecule has 2 N–H and O–H groups in total. The first-order chi connectivity index (χ1) is 31.2. The number of nitrogens with one attached hydrogen (secondary N) is 2. The lowest BCUT2D eigenvalue weighted by atomic mass is 9.94. The summed E-state index contributed by atoms with van der Waals surface area (Å²) in [5, 5.41) is 6.78. The molecular weight excluding hydrogens is 817 g/mol. The Morgan fingerprint density at radius 2 is 1.19 bits per heavy atom. The number of nitrogens with zero attached hydrogens (tertiary/aromatic N) is 2. The van der Waals surface area contributed by atoms with Crippen molar-refractivity contribution in [3.8, 4) is 0 Å². The molecule has 1 aromatic rings. The number of hydrogen-bond donors (Lipinski definition) is 2. The number of likely N-dealkylation sites (N-methyl/N-ethyl adjacent to an activating group) is 1. The van der Waals surface area contributed by atoms with Gasteiger partial charge in [-0.3, -0.25) is 19.2 Å². The normalized spacial score (nSPS) is 12.7. The molecule has 368 valence electrons. The van der Waals surface area contributed by atoms with Crippen molar-refractivity contribution in [2.45, 2.75) is 239 Å². The number of hydrogen-bond acceptors (Lipinski definition) is 7. The van der Waals surface area contributed by atoms with E-state index in [1.165, 1.54) is 133 Å². The number of ether oxygens (including phenoxy) is 1. The Labute approximate surface area is 396 Å². The van der Waals surface area contributed by atoms with Crippen molar-refractivity contribution in [1.29, 1.82) is 0 Å². The van der Waals surface area contributed by atoms with Gasteiger partial charge in [0.25, 0.3) is 5.91 Å². The zero-order chi connectivity index (χ0) is 46.5. The van der Waals surface area contributed by atoms with Gasteiger partial charge in [-0.05, 0) is 90.3 Å². The van der Waals surface area contributed by atoms with E-state index < -0.39 is 0 Å². The number of esters is 1. The first-order valence-corrected chi connectivity index (χ1v) is 27.5. The minimum atomic E-state index is -0.160. The summed E-state index contributed by atoms with van der Waals surface area (Å²) >= 11 is 1.45. The van der Waals surface area contributed by atoms with Crippen molar-refractivity contribution in [3.05, 3.63) is 28.2 Å². The summed E-state index contributed by atoms with van der Waals surface area (Å²) in [6, 6.07) is 0. The Hall–Kier alpha value is -2.72.